The van der Waals surface area contributed by atoms with E-state index in [1.54, 1.807) is 30.3 Å². The van der Waals surface area contributed by atoms with Gasteiger partial charge in [0, 0.05) is 18.2 Å². The topological polar surface area (TPSA) is 94.9 Å². The Morgan fingerprint density at radius 1 is 0.765 bits per heavy atom. The van der Waals surface area contributed by atoms with Gasteiger partial charge in [0.25, 0.3) is 5.91 Å². The first-order valence-corrected chi connectivity index (χ1v) is 19.2. The van der Waals surface area contributed by atoms with Gasteiger partial charge in [-0.15, -0.1) is 0 Å². The third-order valence-electron chi connectivity index (χ3n) is 16.4. The molecule has 5 aliphatic rings. The minimum atomic E-state index is -1.02. The molecule has 0 aliphatic heterocycles. The molecule has 0 bridgehead atoms. The Morgan fingerprint density at radius 3 is 2.08 bits per heavy atom. The number of nitrogens with zero attached hydrogens (tertiary/aromatic N) is 1. The molecule has 2 N–H and O–H groups in total. The van der Waals surface area contributed by atoms with Gasteiger partial charge in [0.2, 0.25) is 0 Å². The number of carboxylic acid groups (broad SMARTS) is 2. The molecule has 4 fully saturated rings. The highest BCUT2D eigenvalue weighted by molar-refractivity contribution is 5.97. The van der Waals surface area contributed by atoms with Crippen LogP contribution in [0.1, 0.15) is 136 Å². The molecule has 2 aromatic rings. The fourth-order valence-corrected chi connectivity index (χ4v) is 13.8. The molecule has 4 saturated carbocycles. The molecule has 0 unspecified atom stereocenters. The second-order valence-corrected chi connectivity index (χ2v) is 18.5. The molecule has 0 aromatic heterocycles. The van der Waals surface area contributed by atoms with E-state index in [2.05, 4.69) is 54.2 Å². The van der Waals surface area contributed by atoms with Crippen molar-refractivity contribution in [3.05, 3.63) is 89.0 Å². The average molecular weight is 692 g/mol. The summed E-state index contributed by atoms with van der Waals surface area (Å²) < 4.78 is 0. The summed E-state index contributed by atoms with van der Waals surface area (Å²) in [5.41, 5.74) is 4.72. The summed E-state index contributed by atoms with van der Waals surface area (Å²) in [5, 5.41) is 19.1. The summed E-state index contributed by atoms with van der Waals surface area (Å²) >= 11 is 0. The minimum absolute atomic E-state index is 0.0456. The van der Waals surface area contributed by atoms with Gasteiger partial charge in [0.15, 0.2) is 0 Å². The van der Waals surface area contributed by atoms with E-state index in [4.69, 9.17) is 0 Å². The molecule has 7 rings (SSSR count). The molecule has 272 valence electrons. The van der Waals surface area contributed by atoms with Crippen LogP contribution in [0.3, 0.4) is 0 Å². The average Bonchev–Trinajstić information content (AvgIpc) is 3.49. The molecule has 9 atom stereocenters. The van der Waals surface area contributed by atoms with Crippen molar-refractivity contribution in [2.75, 3.05) is 7.05 Å². The maximum Gasteiger partial charge on any atom is 0.335 e. The van der Waals surface area contributed by atoms with Crippen LogP contribution in [0.5, 0.6) is 0 Å². The first-order valence-electron chi connectivity index (χ1n) is 19.2. The summed E-state index contributed by atoms with van der Waals surface area (Å²) in [6.45, 7) is 19.4. The number of hydrogen-bond donors (Lipinski definition) is 2. The summed E-state index contributed by atoms with van der Waals surface area (Å²) in [4.78, 5) is 39.7. The van der Waals surface area contributed by atoms with Gasteiger partial charge in [-0.25, -0.2) is 9.59 Å². The van der Waals surface area contributed by atoms with E-state index in [0.717, 1.165) is 44.1 Å². The van der Waals surface area contributed by atoms with E-state index < -0.39 is 11.9 Å². The molecule has 1 amide bonds. The second kappa shape index (κ2) is 11.9. The zero-order chi connectivity index (χ0) is 36.9. The summed E-state index contributed by atoms with van der Waals surface area (Å²) in [7, 11) is 1.98. The first-order chi connectivity index (χ1) is 23.9. The number of hydrogen-bond acceptors (Lipinski definition) is 3. The highest BCUT2D eigenvalue weighted by Crippen LogP contribution is 2.77. The number of aromatic carboxylic acids is 2. The highest BCUT2D eigenvalue weighted by atomic mass is 16.4. The van der Waals surface area contributed by atoms with Crippen molar-refractivity contribution in [2.45, 2.75) is 105 Å². The third kappa shape index (κ3) is 4.97. The number of allylic oxidation sites excluding steroid dienone is 3. The normalized spacial score (nSPS) is 37.9. The van der Waals surface area contributed by atoms with Crippen LogP contribution in [0.15, 0.2) is 66.8 Å². The molecule has 0 heterocycles. The van der Waals surface area contributed by atoms with Crippen molar-refractivity contribution in [3.8, 4) is 0 Å². The first kappa shape index (κ1) is 35.7. The van der Waals surface area contributed by atoms with Crippen molar-refractivity contribution in [1.29, 1.82) is 0 Å². The molecule has 5 aliphatic carbocycles. The zero-order valence-corrected chi connectivity index (χ0v) is 31.7. The van der Waals surface area contributed by atoms with E-state index in [1.165, 1.54) is 36.5 Å². The SMILES string of the molecule is C=C(C)[C@@H]1CC[C@]2(N(C)C(=O)c3cccc(C(=O)O)c3)CC[C@]3(C)[C@H](CC[C@@H]4[C@@]5(C)CC=C(c6ccc(C(=O)O)cc6)C(C)(C)[C@@H]5CC[C@]43C)[C@@H]12. The van der Waals surface area contributed by atoms with Gasteiger partial charge >= 0.3 is 11.9 Å². The van der Waals surface area contributed by atoms with Crippen LogP contribution in [0, 0.1) is 51.2 Å². The molecule has 6 nitrogen and oxygen atoms in total. The predicted octanol–water partition coefficient (Wildman–Crippen LogP) is 10.3. The fourth-order valence-electron chi connectivity index (χ4n) is 13.8. The summed E-state index contributed by atoms with van der Waals surface area (Å²) in [6, 6.07) is 14.0. The maximum atomic E-state index is 14.3. The Balaban J connectivity index is 1.23. The Labute approximate surface area is 304 Å². The second-order valence-electron chi connectivity index (χ2n) is 18.5. The number of rotatable bonds is 6. The third-order valence-corrected chi connectivity index (χ3v) is 16.4. The fraction of sp³-hybridized carbons (Fsp3) is 0.578. The highest BCUT2D eigenvalue weighted by Gasteiger charge is 2.71. The van der Waals surface area contributed by atoms with Crippen LogP contribution in [0.2, 0.25) is 0 Å². The molecule has 0 radical (unpaired) electrons. The molecule has 0 spiro atoms. The standard InChI is InChI=1S/C45H57NO5/c1-27(2)32-18-23-45(46(8)38(47)30-10-9-11-31(26-30)40(50)51)25-24-43(6)34(37(32)45)16-17-36-42(5)21-19-33(28-12-14-29(15-13-28)39(48)49)41(3,4)35(42)20-22-44(36,43)7/h9-15,19,26,32,34-37H,1,16-18,20-25H2,2-8H3,(H,48,49)(H,50,51)/t32-,34+,35-,36+,37+,42-,43+,44+,45-/m0/s1. The lowest BCUT2D eigenvalue weighted by molar-refractivity contribution is -0.224. The lowest BCUT2D eigenvalue weighted by atomic mass is 9.33. The van der Waals surface area contributed by atoms with Crippen molar-refractivity contribution >= 4 is 23.4 Å². The Hall–Kier alpha value is -3.67. The maximum absolute atomic E-state index is 14.3. The Kier molecular flexibility index (Phi) is 8.36. The number of benzene rings is 2. The Morgan fingerprint density at radius 2 is 1.43 bits per heavy atom. The van der Waals surface area contributed by atoms with Crippen molar-refractivity contribution in [3.63, 3.8) is 0 Å². The molecule has 51 heavy (non-hydrogen) atoms. The van der Waals surface area contributed by atoms with Crippen LogP contribution < -0.4 is 0 Å². The predicted molar refractivity (Wildman–Crippen MR) is 202 cm³/mol. The monoisotopic (exact) mass is 691 g/mol. The van der Waals surface area contributed by atoms with Gasteiger partial charge in [-0.3, -0.25) is 4.79 Å². The van der Waals surface area contributed by atoms with Crippen LogP contribution in [-0.2, 0) is 0 Å². The largest absolute Gasteiger partial charge is 0.478 e. The van der Waals surface area contributed by atoms with Crippen LogP contribution in [0.25, 0.3) is 5.57 Å². The number of carbonyl (C=O) groups excluding carboxylic acids is 1. The molecular formula is C45H57NO5. The molecular weight excluding hydrogens is 634 g/mol. The van der Waals surface area contributed by atoms with E-state index in [1.807, 2.05) is 24.1 Å². The lowest BCUT2D eigenvalue weighted by Gasteiger charge is -2.72. The van der Waals surface area contributed by atoms with E-state index in [0.29, 0.717) is 40.7 Å². The van der Waals surface area contributed by atoms with Crippen molar-refractivity contribution in [1.82, 2.24) is 4.90 Å². The summed E-state index contributed by atoms with van der Waals surface area (Å²) in [5.74, 6) is 0.246. The van der Waals surface area contributed by atoms with E-state index >= 15 is 0 Å². The Bertz CT molecular complexity index is 1820. The van der Waals surface area contributed by atoms with Crippen LogP contribution >= 0.6 is 0 Å². The van der Waals surface area contributed by atoms with Crippen molar-refractivity contribution < 1.29 is 24.6 Å². The van der Waals surface area contributed by atoms with Crippen LogP contribution in [0.4, 0.5) is 0 Å². The number of carbonyl (C=O) groups is 3. The van der Waals surface area contributed by atoms with Gasteiger partial charge in [-0.2, -0.15) is 0 Å². The van der Waals surface area contributed by atoms with Gasteiger partial charge in [-0.1, -0.05) is 71.0 Å². The smallest absolute Gasteiger partial charge is 0.335 e. The quantitative estimate of drug-likeness (QED) is 0.294. The van der Waals surface area contributed by atoms with Gasteiger partial charge in [0.1, 0.15) is 0 Å². The lowest BCUT2D eigenvalue weighted by Crippen LogP contribution is -2.68. The minimum Gasteiger partial charge on any atom is -0.478 e. The number of amides is 1. The molecule has 2 aromatic carbocycles. The van der Waals surface area contributed by atoms with E-state index in [9.17, 15) is 24.6 Å². The number of fused-ring (bicyclic) bond motifs is 7. The van der Waals surface area contributed by atoms with Gasteiger partial charge < -0.3 is 15.1 Å². The van der Waals surface area contributed by atoms with Crippen LogP contribution in [-0.4, -0.2) is 45.5 Å². The van der Waals surface area contributed by atoms with Gasteiger partial charge in [0.05, 0.1) is 11.1 Å². The molecule has 6 heteroatoms. The van der Waals surface area contributed by atoms with E-state index in [-0.39, 0.29) is 38.7 Å². The zero-order valence-electron chi connectivity index (χ0n) is 31.7. The molecule has 0 saturated heterocycles. The van der Waals surface area contributed by atoms with Gasteiger partial charge in [-0.05, 0) is 157 Å². The van der Waals surface area contributed by atoms with Crippen molar-refractivity contribution in [2.24, 2.45) is 51.2 Å². The number of carboxylic acids is 2. The summed E-state index contributed by atoms with van der Waals surface area (Å²) in [6.07, 6.45) is 12.3.